The van der Waals surface area contributed by atoms with Gasteiger partial charge in [-0.25, -0.2) is 0 Å². The molecule has 0 radical (unpaired) electrons. The summed E-state index contributed by atoms with van der Waals surface area (Å²) in [5, 5.41) is 86.2. The van der Waals surface area contributed by atoms with Gasteiger partial charge in [-0.1, -0.05) is 231 Å². The van der Waals surface area contributed by atoms with E-state index < -0.39 is 86.8 Å². The number of unbranched alkanes of at least 4 members (excludes halogenated alkanes) is 32. The number of ether oxygens (including phenoxy) is 4. The lowest BCUT2D eigenvalue weighted by Crippen LogP contribution is -2.65. The Bertz CT molecular complexity index is 1340. The first-order valence-electron chi connectivity index (χ1n) is 30.6. The largest absolute Gasteiger partial charge is 0.394 e. The molecule has 0 bridgehead atoms. The summed E-state index contributed by atoms with van der Waals surface area (Å²) in [6.45, 7) is 2.68. The summed E-state index contributed by atoms with van der Waals surface area (Å²) in [4.78, 5) is 13.1. The van der Waals surface area contributed by atoms with E-state index in [9.17, 15) is 45.6 Å². The second kappa shape index (κ2) is 46.4. The Morgan fingerprint density at radius 1 is 0.486 bits per heavy atom. The summed E-state index contributed by atoms with van der Waals surface area (Å²) >= 11 is 0. The Labute approximate surface area is 449 Å². The average Bonchev–Trinajstić information content (AvgIpc) is 3.40. The zero-order valence-electron chi connectivity index (χ0n) is 46.8. The molecule has 74 heavy (non-hydrogen) atoms. The molecule has 14 nitrogen and oxygen atoms in total. The minimum atomic E-state index is -1.78. The van der Waals surface area contributed by atoms with Gasteiger partial charge in [0.2, 0.25) is 5.91 Å². The molecule has 2 aliphatic rings. The van der Waals surface area contributed by atoms with Crippen molar-refractivity contribution in [2.75, 3.05) is 19.8 Å². The number of amides is 1. The van der Waals surface area contributed by atoms with E-state index in [1.807, 2.05) is 0 Å². The Morgan fingerprint density at radius 2 is 0.892 bits per heavy atom. The van der Waals surface area contributed by atoms with Crippen molar-refractivity contribution in [1.82, 2.24) is 5.32 Å². The fourth-order valence-corrected chi connectivity index (χ4v) is 10.2. The molecule has 2 saturated heterocycles. The van der Waals surface area contributed by atoms with Gasteiger partial charge in [0.15, 0.2) is 12.6 Å². The first kappa shape index (κ1) is 68.6. The van der Waals surface area contributed by atoms with E-state index in [1.165, 1.54) is 180 Å². The van der Waals surface area contributed by atoms with E-state index in [4.69, 9.17) is 18.9 Å². The maximum atomic E-state index is 13.1. The molecular weight excluding hydrogens is 943 g/mol. The van der Waals surface area contributed by atoms with Gasteiger partial charge in [0, 0.05) is 6.42 Å². The van der Waals surface area contributed by atoms with E-state index >= 15 is 0 Å². The van der Waals surface area contributed by atoms with Crippen LogP contribution in [0.25, 0.3) is 0 Å². The monoisotopic (exact) mass is 1060 g/mol. The lowest BCUT2D eigenvalue weighted by molar-refractivity contribution is -0.359. The third-order valence-corrected chi connectivity index (χ3v) is 15.2. The standard InChI is InChI=1S/C60H113NO13/c1-3-5-7-8-9-10-11-12-13-14-15-16-17-18-19-20-21-22-23-24-25-26-27-28-29-30-31-32-33-34-35-36-37-38-39-40-42-44-52(65)61-48(49(64)43-41-6-4-2)47-71-59-57(70)55(68)58(51(46-63)73-59)74-60-56(69)54(67)53(66)50(45-62)72-60/h11-12,14-15,48-51,53-60,62-64,66-70H,3-10,13,16-47H2,1-2H3,(H,61,65)/b12-11-,15-14-. The summed E-state index contributed by atoms with van der Waals surface area (Å²) in [6.07, 6.45) is 39.2. The van der Waals surface area contributed by atoms with Crippen molar-refractivity contribution >= 4 is 5.91 Å². The predicted molar refractivity (Wildman–Crippen MR) is 295 cm³/mol. The number of rotatable bonds is 49. The van der Waals surface area contributed by atoms with Crippen LogP contribution in [0.2, 0.25) is 0 Å². The molecule has 14 heteroatoms. The van der Waals surface area contributed by atoms with Gasteiger partial charge in [0.05, 0.1) is 32.0 Å². The number of hydrogen-bond acceptors (Lipinski definition) is 13. The molecule has 12 atom stereocenters. The second-order valence-electron chi connectivity index (χ2n) is 21.8. The third kappa shape index (κ3) is 31.8. The van der Waals surface area contributed by atoms with Crippen LogP contribution in [0.1, 0.15) is 258 Å². The lowest BCUT2D eigenvalue weighted by atomic mass is 9.97. The van der Waals surface area contributed by atoms with E-state index in [2.05, 4.69) is 43.5 Å². The van der Waals surface area contributed by atoms with Crippen molar-refractivity contribution in [3.63, 3.8) is 0 Å². The first-order chi connectivity index (χ1) is 36.1. The summed E-state index contributed by atoms with van der Waals surface area (Å²) in [6, 6.07) is -0.821. The summed E-state index contributed by atoms with van der Waals surface area (Å²) in [5.74, 6) is -0.214. The first-order valence-corrected chi connectivity index (χ1v) is 30.6. The molecule has 0 aromatic rings. The summed E-state index contributed by atoms with van der Waals surface area (Å²) in [5.41, 5.74) is 0. The Balaban J connectivity index is 1.44. The quantitative estimate of drug-likeness (QED) is 0.0204. The zero-order valence-corrected chi connectivity index (χ0v) is 46.8. The molecule has 2 rings (SSSR count). The van der Waals surface area contributed by atoms with Crippen LogP contribution in [0.15, 0.2) is 24.3 Å². The average molecular weight is 1060 g/mol. The molecule has 0 spiro atoms. The van der Waals surface area contributed by atoms with Crippen LogP contribution >= 0.6 is 0 Å². The highest BCUT2D eigenvalue weighted by Crippen LogP contribution is 2.30. The fourth-order valence-electron chi connectivity index (χ4n) is 10.2. The van der Waals surface area contributed by atoms with E-state index in [-0.39, 0.29) is 12.5 Å². The molecule has 2 fully saturated rings. The Morgan fingerprint density at radius 3 is 1.35 bits per heavy atom. The van der Waals surface area contributed by atoms with Crippen LogP contribution in [0.4, 0.5) is 0 Å². The van der Waals surface area contributed by atoms with Crippen molar-refractivity contribution in [1.29, 1.82) is 0 Å². The van der Waals surface area contributed by atoms with Crippen molar-refractivity contribution < 1.29 is 64.6 Å². The molecular formula is C60H113NO13. The van der Waals surface area contributed by atoms with Gasteiger partial charge in [-0.15, -0.1) is 0 Å². The number of hydrogen-bond donors (Lipinski definition) is 9. The van der Waals surface area contributed by atoms with Gasteiger partial charge >= 0.3 is 0 Å². The van der Waals surface area contributed by atoms with E-state index in [0.717, 1.165) is 51.4 Å². The van der Waals surface area contributed by atoms with Crippen molar-refractivity contribution in [2.45, 2.75) is 331 Å². The molecule has 2 heterocycles. The fraction of sp³-hybridized carbons (Fsp3) is 0.917. The smallest absolute Gasteiger partial charge is 0.220 e. The highest BCUT2D eigenvalue weighted by atomic mass is 16.7. The van der Waals surface area contributed by atoms with Crippen LogP contribution in [0, 0.1) is 0 Å². The van der Waals surface area contributed by atoms with Gasteiger partial charge in [-0.3, -0.25) is 4.79 Å². The topological polar surface area (TPSA) is 228 Å². The number of carbonyl (C=O) groups excluding carboxylic acids is 1. The Hall–Kier alpha value is -1.53. The lowest BCUT2D eigenvalue weighted by Gasteiger charge is -2.46. The Kier molecular flexibility index (Phi) is 43.0. The van der Waals surface area contributed by atoms with Gasteiger partial charge in [-0.05, 0) is 44.9 Å². The second-order valence-corrected chi connectivity index (χ2v) is 21.8. The number of nitrogens with one attached hydrogen (secondary N) is 1. The van der Waals surface area contributed by atoms with Crippen LogP contribution in [0.5, 0.6) is 0 Å². The molecule has 1 amide bonds. The van der Waals surface area contributed by atoms with Crippen molar-refractivity contribution in [3.8, 4) is 0 Å². The molecule has 12 unspecified atom stereocenters. The van der Waals surface area contributed by atoms with Gasteiger partial charge in [0.1, 0.15) is 48.8 Å². The van der Waals surface area contributed by atoms with Crippen LogP contribution in [-0.4, -0.2) is 140 Å². The molecule has 0 saturated carbocycles. The minimum absolute atomic E-state index is 0.214. The maximum absolute atomic E-state index is 13.1. The predicted octanol–water partition coefficient (Wildman–Crippen LogP) is 10.4. The SMILES string of the molecule is CCCCCCC/C=C\C/C=C\CCCCCCCCCCCCCCCCCCCCCCCCCCCC(=O)NC(COC1OC(CO)C(OC2OC(CO)C(O)C(O)C2O)C(O)C1O)C(O)CCCCC. The number of aliphatic hydroxyl groups excluding tert-OH is 8. The maximum Gasteiger partial charge on any atom is 0.220 e. The van der Waals surface area contributed by atoms with Crippen molar-refractivity contribution in [3.05, 3.63) is 24.3 Å². The van der Waals surface area contributed by atoms with E-state index in [1.54, 1.807) is 0 Å². The minimum Gasteiger partial charge on any atom is -0.394 e. The van der Waals surface area contributed by atoms with Gasteiger partial charge < -0.3 is 65.1 Å². The number of allylic oxidation sites excluding steroid dienone is 4. The van der Waals surface area contributed by atoms with Crippen molar-refractivity contribution in [2.24, 2.45) is 0 Å². The highest BCUT2D eigenvalue weighted by molar-refractivity contribution is 5.76. The normalized spacial score (nSPS) is 25.3. The molecule has 0 aliphatic carbocycles. The summed E-state index contributed by atoms with van der Waals surface area (Å²) in [7, 11) is 0. The molecule has 0 aromatic carbocycles. The third-order valence-electron chi connectivity index (χ3n) is 15.2. The molecule has 9 N–H and O–H groups in total. The molecule has 0 aromatic heterocycles. The number of carbonyl (C=O) groups is 1. The van der Waals surface area contributed by atoms with Crippen LogP contribution in [-0.2, 0) is 23.7 Å². The summed E-state index contributed by atoms with van der Waals surface area (Å²) < 4.78 is 22.6. The van der Waals surface area contributed by atoms with Gasteiger partial charge in [0.25, 0.3) is 0 Å². The number of aliphatic hydroxyl groups is 8. The van der Waals surface area contributed by atoms with Crippen LogP contribution in [0.3, 0.4) is 0 Å². The highest BCUT2D eigenvalue weighted by Gasteiger charge is 2.51. The van der Waals surface area contributed by atoms with Crippen LogP contribution < -0.4 is 5.32 Å². The molecule has 436 valence electrons. The molecule has 2 aliphatic heterocycles. The van der Waals surface area contributed by atoms with E-state index in [0.29, 0.717) is 12.8 Å². The zero-order chi connectivity index (χ0) is 53.9. The van der Waals surface area contributed by atoms with Gasteiger partial charge in [-0.2, -0.15) is 0 Å².